The molecule has 1 aliphatic heterocycles. The number of fused-ring (bicyclic) bond motifs is 2. The first-order chi connectivity index (χ1) is 47.8. The maximum Gasteiger partial charge on any atom is 0.245 e. The summed E-state index contributed by atoms with van der Waals surface area (Å²) in [6.07, 6.45) is -0.235. The number of benzene rings is 6. The molecule has 18 N–H and O–H groups in total. The van der Waals surface area contributed by atoms with Crippen LogP contribution in [-0.4, -0.2) is 178 Å². The van der Waals surface area contributed by atoms with Gasteiger partial charge in [0.05, 0.1) is 19.8 Å². The number of likely N-dealkylation sites (tertiary alicyclic amines) is 1. The van der Waals surface area contributed by atoms with E-state index in [-0.39, 0.29) is 82.1 Å². The zero-order valence-corrected chi connectivity index (χ0v) is 55.7. The molecule has 0 bridgehead atoms. The SMILES string of the molecule is CC(=O)N[C@H](CO)C(=O)N[C@H](Cc1ccc(F)cc1)C(=O)N[C@H](Cc1ccc2ccccc2c1)C(=O)N[C@@H](CO)C(=O)N[C@@H](Cc1ccc(O)cc1)C(=O)N[C@H](Cc1ccc2ccccc2c1)C(=O)N[C@@H](CC(C)C)C(=O)N[C@@H](CCCN=C(N)N)C(=O)N1CCC[C@H]1C(=O)NCC(N)=O. The second-order valence-electron chi connectivity index (χ2n) is 25.0. The van der Waals surface area contributed by atoms with Gasteiger partial charge in [-0.2, -0.15) is 0 Å². The van der Waals surface area contributed by atoms with Crippen LogP contribution in [0, 0.1) is 11.7 Å². The highest BCUT2D eigenvalue weighted by molar-refractivity contribution is 5.99. The molecule has 7 rings (SSSR count). The quantitative estimate of drug-likeness (QED) is 0.0138. The normalized spacial score (nSPS) is 15.1. The maximum atomic E-state index is 15.2. The van der Waals surface area contributed by atoms with Gasteiger partial charge < -0.3 is 85.3 Å². The van der Waals surface area contributed by atoms with Crippen molar-refractivity contribution in [3.05, 3.63) is 162 Å². The van der Waals surface area contributed by atoms with Crippen LogP contribution in [0.2, 0.25) is 0 Å². The van der Waals surface area contributed by atoms with E-state index in [1.54, 1.807) is 50.2 Å². The average molecular weight is 1380 g/mol. The number of carbonyl (C=O) groups excluding carboxylic acids is 11. The molecule has 1 saturated heterocycles. The molecule has 0 aliphatic carbocycles. The van der Waals surface area contributed by atoms with Crippen molar-refractivity contribution >= 4 is 92.5 Å². The highest BCUT2D eigenvalue weighted by Crippen LogP contribution is 2.23. The minimum Gasteiger partial charge on any atom is -0.508 e. The lowest BCUT2D eigenvalue weighted by Crippen LogP contribution is -2.62. The Morgan fingerprint density at radius 3 is 1.37 bits per heavy atom. The van der Waals surface area contributed by atoms with Crippen LogP contribution in [0.4, 0.5) is 4.39 Å². The van der Waals surface area contributed by atoms with Crippen molar-refractivity contribution in [2.75, 3.05) is 32.8 Å². The standard InChI is InChI=1S/C71H87FN14O14/c1-40(2)30-53(62(92)79-52(14-8-28-76-71(74)75)70(100)86-29-9-15-60(86)69(99)77-37-61(73)91)80-65(95)56(35-44-16-22-46-10-4-6-12-48(46)31-44)81-64(94)55(34-43-20-26-51(90)27-21-43)84-68(98)59(39-88)85-66(96)57(36-45-17-23-47-11-5-7-13-49(47)32-45)82-63(93)54(33-42-18-24-50(72)25-19-42)83-67(97)58(38-87)78-41(3)89/h4-7,10-13,16-27,31-32,40,52-60,87-88,90H,8-9,14-15,28-30,33-39H2,1-3H3,(H2,73,91)(H,77,99)(H,78,89)(H,79,92)(H,80,95)(H,81,94)(H,82,93)(H,83,97)(H,84,98)(H,85,96)(H4,74,75,76)/t52-,53-,54+,55-,56+,57+,58+,59-,60-/m0/s1. The molecule has 1 aliphatic rings. The van der Waals surface area contributed by atoms with E-state index < -0.39 is 145 Å². The molecule has 0 radical (unpaired) electrons. The Morgan fingerprint density at radius 1 is 0.520 bits per heavy atom. The van der Waals surface area contributed by atoms with Gasteiger partial charge in [0.15, 0.2) is 5.96 Å². The molecule has 1 fully saturated rings. The second-order valence-corrected chi connectivity index (χ2v) is 25.0. The minimum absolute atomic E-state index is 0.00368. The number of aliphatic hydroxyl groups excluding tert-OH is 2. The topological polar surface area (TPSA) is 450 Å². The van der Waals surface area contributed by atoms with E-state index in [9.17, 15) is 62.9 Å². The summed E-state index contributed by atoms with van der Waals surface area (Å²) in [7, 11) is 0. The minimum atomic E-state index is -1.86. The van der Waals surface area contributed by atoms with E-state index >= 15 is 9.59 Å². The van der Waals surface area contributed by atoms with Crippen LogP contribution in [-0.2, 0) is 78.4 Å². The molecule has 1 heterocycles. The molecule has 100 heavy (non-hydrogen) atoms. The molecule has 11 amide bonds. The van der Waals surface area contributed by atoms with Crippen molar-refractivity contribution in [2.24, 2.45) is 28.1 Å². The Balaban J connectivity index is 1.18. The van der Waals surface area contributed by atoms with Crippen molar-refractivity contribution in [1.29, 1.82) is 0 Å². The predicted molar refractivity (Wildman–Crippen MR) is 369 cm³/mol. The molecule has 29 heteroatoms. The van der Waals surface area contributed by atoms with Crippen LogP contribution in [0.25, 0.3) is 21.5 Å². The number of primary amides is 1. The summed E-state index contributed by atoms with van der Waals surface area (Å²) in [5.41, 5.74) is 18.2. The van der Waals surface area contributed by atoms with Crippen LogP contribution < -0.4 is 65.1 Å². The van der Waals surface area contributed by atoms with Gasteiger partial charge in [-0.15, -0.1) is 0 Å². The van der Waals surface area contributed by atoms with Crippen molar-refractivity contribution in [2.45, 2.75) is 133 Å². The number of hydrogen-bond donors (Lipinski definition) is 15. The van der Waals surface area contributed by atoms with E-state index in [1.165, 1.54) is 41.3 Å². The van der Waals surface area contributed by atoms with Gasteiger partial charge in [0, 0.05) is 45.7 Å². The van der Waals surface area contributed by atoms with E-state index in [0.29, 0.717) is 28.7 Å². The zero-order valence-electron chi connectivity index (χ0n) is 55.7. The molecule has 0 saturated carbocycles. The van der Waals surface area contributed by atoms with Crippen LogP contribution in [0.3, 0.4) is 0 Å². The van der Waals surface area contributed by atoms with Crippen LogP contribution in [0.15, 0.2) is 138 Å². The molecular weight excluding hydrogens is 1290 g/mol. The third kappa shape index (κ3) is 23.0. The lowest BCUT2D eigenvalue weighted by atomic mass is 9.98. The summed E-state index contributed by atoms with van der Waals surface area (Å²) in [6.45, 7) is 2.48. The molecule has 9 atom stereocenters. The van der Waals surface area contributed by atoms with Gasteiger partial charge in [-0.1, -0.05) is 123 Å². The second kappa shape index (κ2) is 37.0. The number of aromatic hydroxyl groups is 1. The van der Waals surface area contributed by atoms with Crippen molar-refractivity contribution < 1.29 is 72.4 Å². The van der Waals surface area contributed by atoms with Crippen molar-refractivity contribution in [3.63, 3.8) is 0 Å². The fourth-order valence-electron chi connectivity index (χ4n) is 11.6. The van der Waals surface area contributed by atoms with Gasteiger partial charge in [0.2, 0.25) is 65.0 Å². The van der Waals surface area contributed by atoms with E-state index in [1.807, 2.05) is 48.5 Å². The maximum absolute atomic E-state index is 15.2. The number of aliphatic imine (C=N–C) groups is 1. The lowest BCUT2D eigenvalue weighted by Gasteiger charge is -2.30. The first kappa shape index (κ1) is 76.3. The Morgan fingerprint density at radius 2 is 0.920 bits per heavy atom. The smallest absolute Gasteiger partial charge is 0.245 e. The molecule has 0 aromatic heterocycles. The van der Waals surface area contributed by atoms with Gasteiger partial charge in [-0.3, -0.25) is 57.7 Å². The molecule has 6 aromatic rings. The Kier molecular flexibility index (Phi) is 28.3. The van der Waals surface area contributed by atoms with Gasteiger partial charge in [0.1, 0.15) is 65.9 Å². The van der Waals surface area contributed by atoms with Gasteiger partial charge in [-0.25, -0.2) is 4.39 Å². The van der Waals surface area contributed by atoms with Gasteiger partial charge in [0.25, 0.3) is 0 Å². The molecule has 0 spiro atoms. The van der Waals surface area contributed by atoms with E-state index in [0.717, 1.165) is 40.6 Å². The number of aliphatic hydroxyl groups is 2. The molecular formula is C71H87FN14O14. The fourth-order valence-corrected chi connectivity index (χ4v) is 11.6. The highest BCUT2D eigenvalue weighted by Gasteiger charge is 2.40. The average Bonchev–Trinajstić information content (AvgIpc) is 1.15. The summed E-state index contributed by atoms with van der Waals surface area (Å²) in [5, 5.41) is 57.8. The van der Waals surface area contributed by atoms with E-state index in [4.69, 9.17) is 17.2 Å². The summed E-state index contributed by atoms with van der Waals surface area (Å²) in [6, 6.07) is 22.6. The van der Waals surface area contributed by atoms with Crippen LogP contribution in [0.5, 0.6) is 5.75 Å². The predicted octanol–water partition coefficient (Wildman–Crippen LogP) is -0.317. The Hall–Kier alpha value is -11.1. The van der Waals surface area contributed by atoms with Crippen LogP contribution in [0.1, 0.15) is 75.1 Å². The molecule has 6 aromatic carbocycles. The summed E-state index contributed by atoms with van der Waals surface area (Å²) < 4.78 is 14.1. The van der Waals surface area contributed by atoms with Crippen molar-refractivity contribution in [1.82, 2.24) is 52.8 Å². The molecule has 532 valence electrons. The van der Waals surface area contributed by atoms with E-state index in [2.05, 4.69) is 52.8 Å². The number of nitrogens with two attached hydrogens (primary N) is 3. The number of amides is 11. The number of phenols is 1. The molecule has 0 unspecified atom stereocenters. The number of hydrogen-bond acceptors (Lipinski definition) is 15. The third-order valence-corrected chi connectivity index (χ3v) is 16.6. The third-order valence-electron chi connectivity index (χ3n) is 16.6. The molecule has 28 nitrogen and oxygen atoms in total. The van der Waals surface area contributed by atoms with Gasteiger partial charge >= 0.3 is 0 Å². The first-order valence-corrected chi connectivity index (χ1v) is 32.8. The van der Waals surface area contributed by atoms with Crippen molar-refractivity contribution in [3.8, 4) is 5.75 Å². The first-order valence-electron chi connectivity index (χ1n) is 32.8. The van der Waals surface area contributed by atoms with Crippen LogP contribution >= 0.6 is 0 Å². The number of guanidine groups is 1. The summed E-state index contributed by atoms with van der Waals surface area (Å²) in [5.74, 6) is -10.7. The lowest BCUT2D eigenvalue weighted by molar-refractivity contribution is -0.142. The Bertz CT molecular complexity index is 3930. The fraction of sp³-hybridized carbons (Fsp3) is 0.380. The number of rotatable bonds is 35. The number of carbonyl (C=O) groups is 11. The highest BCUT2D eigenvalue weighted by atomic mass is 19.1. The number of halogens is 1. The summed E-state index contributed by atoms with van der Waals surface area (Å²) >= 11 is 0. The monoisotopic (exact) mass is 1380 g/mol. The summed E-state index contributed by atoms with van der Waals surface area (Å²) in [4.78, 5) is 159. The van der Waals surface area contributed by atoms with Gasteiger partial charge in [-0.05, 0) is 106 Å². The number of phenolic OH excluding ortho intramolecular Hbond substituents is 1. The number of nitrogens with one attached hydrogen (secondary N) is 9. The Labute approximate surface area is 576 Å². The largest absolute Gasteiger partial charge is 0.508 e. The number of nitrogens with zero attached hydrogens (tertiary/aromatic N) is 2. The zero-order chi connectivity index (χ0) is 72.6.